The van der Waals surface area contributed by atoms with E-state index in [1.54, 1.807) is 31.3 Å². The van der Waals surface area contributed by atoms with Crippen molar-refractivity contribution in [3.8, 4) is 0 Å². The maximum absolute atomic E-state index is 12.3. The van der Waals surface area contributed by atoms with Crippen LogP contribution in [0, 0.1) is 0 Å². The fourth-order valence-corrected chi connectivity index (χ4v) is 4.88. The van der Waals surface area contributed by atoms with Crippen LogP contribution in [0.4, 0.5) is 0 Å². The molecule has 0 spiro atoms. The van der Waals surface area contributed by atoms with E-state index in [2.05, 4.69) is 0 Å². The second-order valence-corrected chi connectivity index (χ2v) is 8.35. The van der Waals surface area contributed by atoms with Gasteiger partial charge in [0.25, 0.3) is 11.8 Å². The van der Waals surface area contributed by atoms with Gasteiger partial charge >= 0.3 is 0 Å². The van der Waals surface area contributed by atoms with E-state index in [0.29, 0.717) is 17.5 Å². The SMILES string of the molecule is CN(C(=O)CCN1C(=O)c2ccccc2C1=O)[C@H]1CCS(=O)(=O)C1. The van der Waals surface area contributed by atoms with Crippen LogP contribution in [0.15, 0.2) is 24.3 Å². The number of hydrogen-bond acceptors (Lipinski definition) is 5. The van der Waals surface area contributed by atoms with Gasteiger partial charge in [-0.3, -0.25) is 19.3 Å². The zero-order chi connectivity index (χ0) is 17.5. The standard InChI is InChI=1S/C16H18N2O5S/c1-17(11-7-9-24(22,23)10-11)14(19)6-8-18-15(20)12-4-2-3-5-13(12)16(18)21/h2-5,11H,6-10H2,1H3/t11-/m0/s1. The number of rotatable bonds is 4. The summed E-state index contributed by atoms with van der Waals surface area (Å²) in [6.45, 7) is -0.00497. The van der Waals surface area contributed by atoms with Crippen molar-refractivity contribution in [2.45, 2.75) is 18.9 Å². The minimum absolute atomic E-state index is 0.00497. The molecule has 1 saturated heterocycles. The number of fused-ring (bicyclic) bond motifs is 1. The molecule has 0 aromatic heterocycles. The molecule has 8 heteroatoms. The maximum Gasteiger partial charge on any atom is 0.261 e. The normalized spacial score (nSPS) is 21.9. The quantitative estimate of drug-likeness (QED) is 0.729. The zero-order valence-corrected chi connectivity index (χ0v) is 14.1. The van der Waals surface area contributed by atoms with Crippen LogP contribution < -0.4 is 0 Å². The number of nitrogens with zero attached hydrogens (tertiary/aromatic N) is 2. The number of benzene rings is 1. The number of amides is 3. The lowest BCUT2D eigenvalue weighted by Gasteiger charge is -2.24. The van der Waals surface area contributed by atoms with Gasteiger partial charge in [-0.2, -0.15) is 0 Å². The molecule has 2 aliphatic heterocycles. The van der Waals surface area contributed by atoms with Crippen molar-refractivity contribution in [3.05, 3.63) is 35.4 Å². The van der Waals surface area contributed by atoms with Crippen molar-refractivity contribution >= 4 is 27.6 Å². The van der Waals surface area contributed by atoms with Crippen molar-refractivity contribution in [1.82, 2.24) is 9.80 Å². The van der Waals surface area contributed by atoms with Gasteiger partial charge in [0.15, 0.2) is 9.84 Å². The lowest BCUT2D eigenvalue weighted by molar-refractivity contribution is -0.131. The van der Waals surface area contributed by atoms with Crippen LogP contribution in [-0.4, -0.2) is 67.1 Å². The fraction of sp³-hybridized carbons (Fsp3) is 0.438. The van der Waals surface area contributed by atoms with E-state index in [1.807, 2.05) is 0 Å². The predicted molar refractivity (Wildman–Crippen MR) is 86.3 cm³/mol. The highest BCUT2D eigenvalue weighted by Gasteiger charge is 2.36. The van der Waals surface area contributed by atoms with Crippen LogP contribution >= 0.6 is 0 Å². The smallest absolute Gasteiger partial charge is 0.261 e. The Labute approximate surface area is 140 Å². The lowest BCUT2D eigenvalue weighted by Crippen LogP contribution is -2.40. The van der Waals surface area contributed by atoms with Crippen LogP contribution in [0.1, 0.15) is 33.6 Å². The van der Waals surface area contributed by atoms with E-state index < -0.39 is 21.7 Å². The van der Waals surface area contributed by atoms with Crippen molar-refractivity contribution < 1.29 is 22.8 Å². The molecule has 7 nitrogen and oxygen atoms in total. The highest BCUT2D eigenvalue weighted by molar-refractivity contribution is 7.91. The first kappa shape index (κ1) is 16.6. The number of hydrogen-bond donors (Lipinski definition) is 0. The lowest BCUT2D eigenvalue weighted by atomic mass is 10.1. The summed E-state index contributed by atoms with van der Waals surface area (Å²) < 4.78 is 23.0. The third-order valence-electron chi connectivity index (χ3n) is 4.58. The van der Waals surface area contributed by atoms with Gasteiger partial charge in [0.05, 0.1) is 22.6 Å². The molecule has 0 bridgehead atoms. The molecule has 2 aliphatic rings. The number of imide groups is 1. The molecule has 0 unspecified atom stereocenters. The number of sulfone groups is 1. The van der Waals surface area contributed by atoms with Gasteiger partial charge in [-0.05, 0) is 18.6 Å². The first-order valence-electron chi connectivity index (χ1n) is 7.71. The molecule has 24 heavy (non-hydrogen) atoms. The molecule has 0 saturated carbocycles. The summed E-state index contributed by atoms with van der Waals surface area (Å²) in [4.78, 5) is 39.2. The van der Waals surface area contributed by atoms with Crippen LogP contribution in [0.3, 0.4) is 0 Å². The Morgan fingerprint density at radius 1 is 1.21 bits per heavy atom. The molecule has 3 rings (SSSR count). The fourth-order valence-electron chi connectivity index (χ4n) is 3.11. The molecular formula is C16H18N2O5S. The Morgan fingerprint density at radius 3 is 2.29 bits per heavy atom. The van der Waals surface area contributed by atoms with Crippen LogP contribution in [0.25, 0.3) is 0 Å². The summed E-state index contributed by atoms with van der Waals surface area (Å²) in [5.41, 5.74) is 0.704. The van der Waals surface area contributed by atoms with Crippen molar-refractivity contribution in [2.75, 3.05) is 25.1 Å². The summed E-state index contributed by atoms with van der Waals surface area (Å²) >= 11 is 0. The summed E-state index contributed by atoms with van der Waals surface area (Å²) in [5, 5.41) is 0. The summed E-state index contributed by atoms with van der Waals surface area (Å²) in [7, 11) is -1.51. The van der Waals surface area contributed by atoms with Gasteiger partial charge in [-0.25, -0.2) is 8.42 Å². The minimum atomic E-state index is -3.07. The van der Waals surface area contributed by atoms with Crippen LogP contribution in [-0.2, 0) is 14.6 Å². The zero-order valence-electron chi connectivity index (χ0n) is 13.3. The third kappa shape index (κ3) is 2.93. The van der Waals surface area contributed by atoms with E-state index in [9.17, 15) is 22.8 Å². The summed E-state index contributed by atoms with van der Waals surface area (Å²) in [5.74, 6) is -0.992. The monoisotopic (exact) mass is 350 g/mol. The predicted octanol–water partition coefficient (Wildman–Crippen LogP) is 0.318. The largest absolute Gasteiger partial charge is 0.342 e. The molecule has 0 radical (unpaired) electrons. The Hall–Kier alpha value is -2.22. The number of carbonyl (C=O) groups is 3. The molecular weight excluding hydrogens is 332 g/mol. The molecule has 0 aliphatic carbocycles. The van der Waals surface area contributed by atoms with E-state index in [4.69, 9.17) is 0 Å². The van der Waals surface area contributed by atoms with E-state index >= 15 is 0 Å². The van der Waals surface area contributed by atoms with Crippen molar-refractivity contribution in [3.63, 3.8) is 0 Å². The Morgan fingerprint density at radius 2 is 1.79 bits per heavy atom. The average molecular weight is 350 g/mol. The maximum atomic E-state index is 12.3. The Balaban J connectivity index is 1.61. The van der Waals surface area contributed by atoms with Gasteiger partial charge < -0.3 is 4.90 Å². The van der Waals surface area contributed by atoms with Gasteiger partial charge in [-0.15, -0.1) is 0 Å². The third-order valence-corrected chi connectivity index (χ3v) is 6.33. The summed E-state index contributed by atoms with van der Waals surface area (Å²) in [6, 6.07) is 6.23. The molecule has 3 amide bonds. The van der Waals surface area contributed by atoms with E-state index in [-0.39, 0.29) is 36.4 Å². The molecule has 1 fully saturated rings. The first-order valence-corrected chi connectivity index (χ1v) is 9.53. The van der Waals surface area contributed by atoms with Gasteiger partial charge in [0, 0.05) is 26.1 Å². The highest BCUT2D eigenvalue weighted by Crippen LogP contribution is 2.23. The molecule has 1 aromatic carbocycles. The second kappa shape index (κ2) is 6.01. The number of carbonyl (C=O) groups excluding carboxylic acids is 3. The Kier molecular flexibility index (Phi) is 4.16. The minimum Gasteiger partial charge on any atom is -0.342 e. The van der Waals surface area contributed by atoms with Crippen LogP contribution in [0.2, 0.25) is 0 Å². The van der Waals surface area contributed by atoms with Gasteiger partial charge in [-0.1, -0.05) is 12.1 Å². The molecule has 0 N–H and O–H groups in total. The molecule has 2 heterocycles. The summed E-state index contributed by atoms with van der Waals surface area (Å²) in [6.07, 6.45) is 0.413. The molecule has 128 valence electrons. The van der Waals surface area contributed by atoms with E-state index in [0.717, 1.165) is 4.90 Å². The highest BCUT2D eigenvalue weighted by atomic mass is 32.2. The average Bonchev–Trinajstić information content (AvgIpc) is 3.03. The van der Waals surface area contributed by atoms with Gasteiger partial charge in [0.1, 0.15) is 0 Å². The first-order chi connectivity index (χ1) is 11.3. The second-order valence-electron chi connectivity index (χ2n) is 6.12. The molecule has 1 atom stereocenters. The van der Waals surface area contributed by atoms with E-state index in [1.165, 1.54) is 4.90 Å². The molecule has 1 aromatic rings. The Bertz CT molecular complexity index is 783. The van der Waals surface area contributed by atoms with Crippen LogP contribution in [0.5, 0.6) is 0 Å². The van der Waals surface area contributed by atoms with Crippen molar-refractivity contribution in [1.29, 1.82) is 0 Å². The van der Waals surface area contributed by atoms with Crippen molar-refractivity contribution in [2.24, 2.45) is 0 Å². The topological polar surface area (TPSA) is 91.8 Å². The van der Waals surface area contributed by atoms with Gasteiger partial charge in [0.2, 0.25) is 5.91 Å².